The smallest absolute Gasteiger partial charge is 0.123 e. The largest absolute Gasteiger partial charge is 0.329 e. The Labute approximate surface area is 151 Å². The maximum Gasteiger partial charge on any atom is 0.123 e. The molecule has 3 rings (SSSR count). The van der Waals surface area contributed by atoms with Crippen LogP contribution in [-0.2, 0) is 13.1 Å². The molecule has 24 heavy (non-hydrogen) atoms. The van der Waals surface area contributed by atoms with Gasteiger partial charge in [0.15, 0.2) is 0 Å². The molecule has 0 amide bonds. The lowest BCUT2D eigenvalue weighted by Crippen LogP contribution is -2.34. The molecule has 0 spiro atoms. The topological polar surface area (TPSA) is 33.1 Å². The van der Waals surface area contributed by atoms with Crippen LogP contribution >= 0.6 is 12.4 Å². The zero-order valence-electron chi connectivity index (χ0n) is 14.5. The lowest BCUT2D eigenvalue weighted by atomic mass is 9.93. The van der Waals surface area contributed by atoms with Crippen molar-refractivity contribution in [1.82, 2.24) is 19.8 Å². The fraction of sp³-hybridized carbons (Fsp3) is 0.526. The van der Waals surface area contributed by atoms with E-state index in [-0.39, 0.29) is 12.4 Å². The summed E-state index contributed by atoms with van der Waals surface area (Å²) in [5, 5.41) is 3.27. The average molecular weight is 349 g/mol. The number of imidazole rings is 1. The van der Waals surface area contributed by atoms with E-state index in [4.69, 9.17) is 0 Å². The molecule has 4 nitrogen and oxygen atoms in total. The Morgan fingerprint density at radius 2 is 1.88 bits per heavy atom. The Bertz CT molecular complexity index is 576. The molecule has 1 N–H and O–H groups in total. The van der Waals surface area contributed by atoms with Crippen LogP contribution in [0.3, 0.4) is 0 Å². The SMILES string of the molecule is CNCCC1CCN(Cc2nccn2Cc2ccccc2)CC1.Cl. The number of nitrogens with one attached hydrogen (secondary N) is 1. The highest BCUT2D eigenvalue weighted by Crippen LogP contribution is 2.21. The van der Waals surface area contributed by atoms with E-state index in [0.717, 1.165) is 25.6 Å². The highest BCUT2D eigenvalue weighted by atomic mass is 35.5. The number of halogens is 1. The highest BCUT2D eigenvalue weighted by molar-refractivity contribution is 5.85. The number of rotatable bonds is 7. The number of likely N-dealkylation sites (tertiary alicyclic amines) is 1. The van der Waals surface area contributed by atoms with Crippen LogP contribution in [0.4, 0.5) is 0 Å². The molecular formula is C19H29ClN4. The third-order valence-corrected chi connectivity index (χ3v) is 4.87. The Hall–Kier alpha value is -1.36. The number of hydrogen-bond acceptors (Lipinski definition) is 3. The molecule has 0 aliphatic carbocycles. The summed E-state index contributed by atoms with van der Waals surface area (Å²) >= 11 is 0. The monoisotopic (exact) mass is 348 g/mol. The third-order valence-electron chi connectivity index (χ3n) is 4.87. The van der Waals surface area contributed by atoms with Gasteiger partial charge in [0.2, 0.25) is 0 Å². The molecule has 1 aliphatic rings. The number of benzene rings is 1. The Balaban J connectivity index is 0.00000208. The van der Waals surface area contributed by atoms with Gasteiger partial charge in [0, 0.05) is 18.9 Å². The zero-order valence-corrected chi connectivity index (χ0v) is 15.3. The van der Waals surface area contributed by atoms with Gasteiger partial charge in [-0.25, -0.2) is 4.98 Å². The molecule has 0 atom stereocenters. The molecule has 1 aromatic heterocycles. The van der Waals surface area contributed by atoms with Crippen LogP contribution in [0.5, 0.6) is 0 Å². The van der Waals surface area contributed by atoms with Crippen molar-refractivity contribution in [2.45, 2.75) is 32.4 Å². The van der Waals surface area contributed by atoms with Gasteiger partial charge in [-0.15, -0.1) is 12.4 Å². The first kappa shape index (κ1) is 19.0. The van der Waals surface area contributed by atoms with Crippen molar-refractivity contribution in [3.8, 4) is 0 Å². The van der Waals surface area contributed by atoms with Gasteiger partial charge in [-0.1, -0.05) is 30.3 Å². The number of nitrogens with zero attached hydrogens (tertiary/aromatic N) is 3. The molecule has 2 aromatic rings. The van der Waals surface area contributed by atoms with Crippen molar-refractivity contribution in [3.63, 3.8) is 0 Å². The van der Waals surface area contributed by atoms with Crippen LogP contribution in [0.2, 0.25) is 0 Å². The molecule has 0 bridgehead atoms. The van der Waals surface area contributed by atoms with Gasteiger partial charge in [-0.05, 0) is 57.4 Å². The first-order chi connectivity index (χ1) is 11.3. The summed E-state index contributed by atoms with van der Waals surface area (Å²) < 4.78 is 2.28. The molecule has 132 valence electrons. The minimum atomic E-state index is 0. The van der Waals surface area contributed by atoms with Crippen LogP contribution in [0.1, 0.15) is 30.7 Å². The van der Waals surface area contributed by atoms with Crippen molar-refractivity contribution in [2.75, 3.05) is 26.7 Å². The second-order valence-corrected chi connectivity index (χ2v) is 6.57. The quantitative estimate of drug-likeness (QED) is 0.834. The Kier molecular flexibility index (Phi) is 7.76. The molecule has 0 unspecified atom stereocenters. The van der Waals surface area contributed by atoms with Gasteiger partial charge in [0.25, 0.3) is 0 Å². The average Bonchev–Trinajstić information content (AvgIpc) is 3.02. The van der Waals surface area contributed by atoms with E-state index in [1.54, 1.807) is 0 Å². The lowest BCUT2D eigenvalue weighted by Gasteiger charge is -2.31. The molecule has 1 fully saturated rings. The highest BCUT2D eigenvalue weighted by Gasteiger charge is 2.20. The Morgan fingerprint density at radius 3 is 2.58 bits per heavy atom. The van der Waals surface area contributed by atoms with E-state index in [1.807, 2.05) is 13.2 Å². The summed E-state index contributed by atoms with van der Waals surface area (Å²) in [5.41, 5.74) is 1.33. The molecule has 0 saturated carbocycles. The molecule has 0 radical (unpaired) electrons. The maximum absolute atomic E-state index is 4.59. The molecule has 1 aromatic carbocycles. The van der Waals surface area contributed by atoms with E-state index in [2.05, 4.69) is 56.3 Å². The maximum atomic E-state index is 4.59. The van der Waals surface area contributed by atoms with E-state index >= 15 is 0 Å². The third kappa shape index (κ3) is 5.33. The summed E-state index contributed by atoms with van der Waals surface area (Å²) in [4.78, 5) is 7.14. The second-order valence-electron chi connectivity index (χ2n) is 6.57. The fourth-order valence-corrected chi connectivity index (χ4v) is 3.40. The van der Waals surface area contributed by atoms with Gasteiger partial charge in [0.05, 0.1) is 6.54 Å². The molecular weight excluding hydrogens is 320 g/mol. The van der Waals surface area contributed by atoms with Crippen molar-refractivity contribution in [2.24, 2.45) is 5.92 Å². The summed E-state index contributed by atoms with van der Waals surface area (Å²) in [6.07, 6.45) is 7.98. The number of piperidine rings is 1. The summed E-state index contributed by atoms with van der Waals surface area (Å²) in [6.45, 7) is 5.43. The predicted octanol–water partition coefficient (Wildman–Crippen LogP) is 3.17. The number of aromatic nitrogens is 2. The normalized spacial score (nSPS) is 16.0. The van der Waals surface area contributed by atoms with E-state index in [1.165, 1.54) is 43.7 Å². The van der Waals surface area contributed by atoms with Crippen LogP contribution < -0.4 is 5.32 Å². The van der Waals surface area contributed by atoms with Crippen LogP contribution in [0, 0.1) is 5.92 Å². The zero-order chi connectivity index (χ0) is 15.9. The Morgan fingerprint density at radius 1 is 1.12 bits per heavy atom. The standard InChI is InChI=1S/C19H28N4.ClH/c1-20-10-7-17-8-12-22(13-9-17)16-19-21-11-14-23(19)15-18-5-3-2-4-6-18;/h2-6,11,14,17,20H,7-10,12-13,15-16H2,1H3;1H. The van der Waals surface area contributed by atoms with Gasteiger partial charge >= 0.3 is 0 Å². The summed E-state index contributed by atoms with van der Waals surface area (Å²) in [7, 11) is 2.04. The minimum Gasteiger partial charge on any atom is -0.329 e. The summed E-state index contributed by atoms with van der Waals surface area (Å²) in [5.74, 6) is 2.07. The first-order valence-electron chi connectivity index (χ1n) is 8.76. The van der Waals surface area contributed by atoms with Gasteiger partial charge in [-0.3, -0.25) is 4.90 Å². The fourth-order valence-electron chi connectivity index (χ4n) is 3.40. The van der Waals surface area contributed by atoms with Crippen LogP contribution in [-0.4, -0.2) is 41.1 Å². The van der Waals surface area contributed by atoms with E-state index in [0.29, 0.717) is 0 Å². The molecule has 1 aliphatic heterocycles. The molecule has 5 heteroatoms. The van der Waals surface area contributed by atoms with Crippen molar-refractivity contribution >= 4 is 12.4 Å². The van der Waals surface area contributed by atoms with Crippen LogP contribution in [0.25, 0.3) is 0 Å². The van der Waals surface area contributed by atoms with Crippen molar-refractivity contribution in [1.29, 1.82) is 0 Å². The van der Waals surface area contributed by atoms with Crippen LogP contribution in [0.15, 0.2) is 42.7 Å². The lowest BCUT2D eigenvalue weighted by molar-refractivity contribution is 0.167. The van der Waals surface area contributed by atoms with Crippen molar-refractivity contribution in [3.05, 3.63) is 54.1 Å². The van der Waals surface area contributed by atoms with Gasteiger partial charge in [0.1, 0.15) is 5.82 Å². The van der Waals surface area contributed by atoms with E-state index < -0.39 is 0 Å². The van der Waals surface area contributed by atoms with Crippen molar-refractivity contribution < 1.29 is 0 Å². The molecule has 2 heterocycles. The van der Waals surface area contributed by atoms with Gasteiger partial charge in [-0.2, -0.15) is 0 Å². The first-order valence-corrected chi connectivity index (χ1v) is 8.76. The van der Waals surface area contributed by atoms with E-state index in [9.17, 15) is 0 Å². The molecule has 1 saturated heterocycles. The predicted molar refractivity (Wildman–Crippen MR) is 102 cm³/mol. The number of hydrogen-bond donors (Lipinski definition) is 1. The second kappa shape index (κ2) is 9.82. The minimum absolute atomic E-state index is 0. The summed E-state index contributed by atoms with van der Waals surface area (Å²) in [6, 6.07) is 10.6. The van der Waals surface area contributed by atoms with Gasteiger partial charge < -0.3 is 9.88 Å².